The number of aromatic nitrogens is 2. The molecule has 2 atom stereocenters. The monoisotopic (exact) mass is 466 g/mol. The van der Waals surface area contributed by atoms with Gasteiger partial charge >= 0.3 is 0 Å². The third-order valence-corrected chi connectivity index (χ3v) is 5.69. The topological polar surface area (TPSA) is 123 Å². The summed E-state index contributed by atoms with van der Waals surface area (Å²) >= 11 is 0. The number of fused-ring (bicyclic) bond motifs is 1. The van der Waals surface area contributed by atoms with Gasteiger partial charge in [-0.1, -0.05) is 16.4 Å². The molecule has 2 aliphatic rings. The maximum atomic E-state index is 14.0. The van der Waals surface area contributed by atoms with Gasteiger partial charge in [0.15, 0.2) is 12.1 Å². The minimum atomic E-state index is -1.03. The van der Waals surface area contributed by atoms with Crippen molar-refractivity contribution in [3.8, 4) is 22.9 Å². The zero-order valence-corrected chi connectivity index (χ0v) is 18.4. The quantitative estimate of drug-likeness (QED) is 0.508. The summed E-state index contributed by atoms with van der Waals surface area (Å²) in [7, 11) is 3.06. The lowest BCUT2D eigenvalue weighted by atomic mass is 10.1. The first-order chi connectivity index (χ1) is 16.4. The van der Waals surface area contributed by atoms with Crippen molar-refractivity contribution in [3.05, 3.63) is 53.7 Å². The van der Waals surface area contributed by atoms with Crippen LogP contribution in [0.3, 0.4) is 0 Å². The van der Waals surface area contributed by atoms with Crippen molar-refractivity contribution in [1.82, 2.24) is 15.1 Å². The Labute approximate surface area is 192 Å². The number of methoxy groups -OCH3 is 2. The van der Waals surface area contributed by atoms with Crippen LogP contribution in [0, 0.1) is 12.7 Å². The van der Waals surface area contributed by atoms with E-state index in [1.54, 1.807) is 32.2 Å². The van der Waals surface area contributed by atoms with Gasteiger partial charge in [-0.15, -0.1) is 0 Å². The Bertz CT molecular complexity index is 1320. The van der Waals surface area contributed by atoms with Crippen LogP contribution in [-0.4, -0.2) is 53.3 Å². The first-order valence-electron chi connectivity index (χ1n) is 10.3. The fourth-order valence-corrected chi connectivity index (χ4v) is 3.88. The Balaban J connectivity index is 1.37. The van der Waals surface area contributed by atoms with Gasteiger partial charge in [0, 0.05) is 6.07 Å². The Morgan fingerprint density at radius 2 is 1.91 bits per heavy atom. The number of hydrogen-bond donors (Lipinski definition) is 0. The number of halogens is 1. The summed E-state index contributed by atoms with van der Waals surface area (Å²) in [6, 6.07) is 7.32. The Hall–Kier alpha value is -4.35. The van der Waals surface area contributed by atoms with Crippen LogP contribution >= 0.6 is 0 Å². The fraction of sp³-hybridized carbons (Fsp3) is 0.273. The van der Waals surface area contributed by atoms with E-state index in [0.717, 1.165) is 11.0 Å². The largest absolute Gasteiger partial charge is 0.497 e. The van der Waals surface area contributed by atoms with Crippen LogP contribution in [0.2, 0.25) is 0 Å². The highest BCUT2D eigenvalue weighted by molar-refractivity contribution is 6.25. The lowest BCUT2D eigenvalue weighted by Gasteiger charge is -2.19. The molecular weight excluding hydrogens is 447 g/mol. The first kappa shape index (κ1) is 21.5. The second-order valence-electron chi connectivity index (χ2n) is 7.72. The van der Waals surface area contributed by atoms with Crippen molar-refractivity contribution >= 4 is 17.5 Å². The highest BCUT2D eigenvalue weighted by Crippen LogP contribution is 2.34. The van der Waals surface area contributed by atoms with E-state index < -0.39 is 29.7 Å². The van der Waals surface area contributed by atoms with Gasteiger partial charge in [0.2, 0.25) is 11.7 Å². The normalized spacial score (nSPS) is 19.2. The van der Waals surface area contributed by atoms with E-state index >= 15 is 0 Å². The average molecular weight is 466 g/mol. The van der Waals surface area contributed by atoms with E-state index in [4.69, 9.17) is 14.0 Å². The number of rotatable bonds is 6. The number of amides is 2. The van der Waals surface area contributed by atoms with E-state index in [0.29, 0.717) is 22.6 Å². The molecule has 0 aliphatic carbocycles. The van der Waals surface area contributed by atoms with Crippen molar-refractivity contribution < 1.29 is 28.0 Å². The second kappa shape index (κ2) is 8.21. The third kappa shape index (κ3) is 3.43. The summed E-state index contributed by atoms with van der Waals surface area (Å²) in [5.74, 6) is -0.111. The van der Waals surface area contributed by atoms with Crippen molar-refractivity contribution in [3.63, 3.8) is 0 Å². The van der Waals surface area contributed by atoms with Crippen LogP contribution in [0.1, 0.15) is 11.5 Å². The SMILES string of the molecule is COc1ccc(-c2noc(CN3N=N[C@H]4C(=O)N(c5ccc(C)c(F)c5)C(=O)[C@@H]43)n2)c(OC)c1. The van der Waals surface area contributed by atoms with Crippen molar-refractivity contribution in [2.24, 2.45) is 10.3 Å². The van der Waals surface area contributed by atoms with Gasteiger partial charge in [-0.3, -0.25) is 14.6 Å². The first-order valence-corrected chi connectivity index (χ1v) is 10.3. The van der Waals surface area contributed by atoms with Gasteiger partial charge in [0.05, 0.1) is 25.5 Å². The molecule has 11 nitrogen and oxygen atoms in total. The standard InChI is InChI=1S/C22H19FN6O5/c1-11-4-5-12(8-15(11)23)29-21(30)18-19(22(29)31)28(27-25-18)10-17-24-20(26-34-17)14-7-6-13(32-2)9-16(14)33-3/h4-9,18-19H,10H2,1-3H3/t18-,19-/m1/s1. The number of imide groups is 1. The molecule has 2 amide bonds. The van der Waals surface area contributed by atoms with Crippen LogP contribution in [0.4, 0.5) is 10.1 Å². The molecule has 3 aromatic rings. The summed E-state index contributed by atoms with van der Waals surface area (Å²) in [5.41, 5.74) is 1.14. The van der Waals surface area contributed by atoms with E-state index in [2.05, 4.69) is 20.5 Å². The van der Waals surface area contributed by atoms with Gasteiger partial charge in [0.25, 0.3) is 11.8 Å². The maximum Gasteiger partial charge on any atom is 0.263 e. The number of carbonyl (C=O) groups excluding carboxylic acids is 2. The molecule has 3 heterocycles. The van der Waals surface area contributed by atoms with Crippen LogP contribution in [-0.2, 0) is 16.1 Å². The molecule has 12 heteroatoms. The molecule has 1 saturated heterocycles. The van der Waals surface area contributed by atoms with Gasteiger partial charge in [0.1, 0.15) is 23.9 Å². The molecule has 0 spiro atoms. The number of anilines is 1. The smallest absolute Gasteiger partial charge is 0.263 e. The minimum Gasteiger partial charge on any atom is -0.497 e. The molecule has 0 radical (unpaired) electrons. The summed E-state index contributed by atoms with van der Waals surface area (Å²) < 4.78 is 29.9. The molecule has 5 rings (SSSR count). The highest BCUT2D eigenvalue weighted by Gasteiger charge is 2.55. The molecule has 0 unspecified atom stereocenters. The molecule has 34 heavy (non-hydrogen) atoms. The second-order valence-corrected chi connectivity index (χ2v) is 7.72. The Morgan fingerprint density at radius 1 is 1.09 bits per heavy atom. The third-order valence-electron chi connectivity index (χ3n) is 5.69. The highest BCUT2D eigenvalue weighted by atomic mass is 19.1. The molecule has 0 N–H and O–H groups in total. The van der Waals surface area contributed by atoms with E-state index in [9.17, 15) is 14.0 Å². The van der Waals surface area contributed by atoms with E-state index in [1.165, 1.54) is 24.3 Å². The molecule has 1 fully saturated rings. The number of nitrogens with zero attached hydrogens (tertiary/aromatic N) is 6. The Morgan fingerprint density at radius 3 is 2.65 bits per heavy atom. The number of aryl methyl sites for hydroxylation is 1. The number of ether oxygens (including phenoxy) is 2. The van der Waals surface area contributed by atoms with Gasteiger partial charge < -0.3 is 14.0 Å². The molecule has 2 aliphatic heterocycles. The van der Waals surface area contributed by atoms with Crippen molar-refractivity contribution in [2.45, 2.75) is 25.6 Å². The van der Waals surface area contributed by atoms with Gasteiger partial charge in [-0.2, -0.15) is 10.1 Å². The predicted octanol–water partition coefficient (Wildman–Crippen LogP) is 2.69. The number of carbonyl (C=O) groups is 2. The van der Waals surface area contributed by atoms with Gasteiger partial charge in [-0.25, -0.2) is 9.29 Å². The van der Waals surface area contributed by atoms with E-state index in [-0.39, 0.29) is 23.9 Å². The van der Waals surface area contributed by atoms with Crippen molar-refractivity contribution in [1.29, 1.82) is 0 Å². The summed E-state index contributed by atoms with van der Waals surface area (Å²) in [4.78, 5) is 31.2. The number of hydrogen-bond acceptors (Lipinski definition) is 10. The van der Waals surface area contributed by atoms with Crippen LogP contribution in [0.15, 0.2) is 51.3 Å². The van der Waals surface area contributed by atoms with E-state index in [1.807, 2.05) is 0 Å². The molecule has 0 bridgehead atoms. The Kier molecular flexibility index (Phi) is 5.19. The summed E-state index contributed by atoms with van der Waals surface area (Å²) in [6.45, 7) is 1.54. The zero-order chi connectivity index (χ0) is 24.0. The minimum absolute atomic E-state index is 0.0503. The molecule has 174 valence electrons. The maximum absolute atomic E-state index is 14.0. The summed E-state index contributed by atoms with van der Waals surface area (Å²) in [6.07, 6.45) is 0. The molecule has 0 saturated carbocycles. The predicted molar refractivity (Wildman–Crippen MR) is 114 cm³/mol. The zero-order valence-electron chi connectivity index (χ0n) is 18.4. The van der Waals surface area contributed by atoms with Crippen LogP contribution < -0.4 is 14.4 Å². The average Bonchev–Trinajstić information content (AvgIpc) is 3.53. The summed E-state index contributed by atoms with van der Waals surface area (Å²) in [5, 5.41) is 13.2. The lowest BCUT2D eigenvalue weighted by Crippen LogP contribution is -2.39. The lowest BCUT2D eigenvalue weighted by molar-refractivity contribution is -0.123. The van der Waals surface area contributed by atoms with Crippen LogP contribution in [0.5, 0.6) is 11.5 Å². The molecule has 2 aromatic carbocycles. The molecule has 1 aromatic heterocycles. The number of benzene rings is 2. The fourth-order valence-electron chi connectivity index (χ4n) is 3.88. The van der Waals surface area contributed by atoms with Crippen LogP contribution in [0.25, 0.3) is 11.4 Å². The molecular formula is C22H19FN6O5. The van der Waals surface area contributed by atoms with Gasteiger partial charge in [-0.05, 0) is 36.8 Å². The van der Waals surface area contributed by atoms with Crippen molar-refractivity contribution in [2.75, 3.05) is 19.1 Å².